The number of nitrogens with zero attached hydrogens (tertiary/aromatic N) is 3. The standard InChI is InChI=1S/C14H20N4OS/c1-5-7-9-15-12-10(13(19)16-9)11(8(3)4)17-14(18-12)20-6-2/h8H,5-7H2,1-4H3,(H,15,16,17,18,19). The van der Waals surface area contributed by atoms with Gasteiger partial charge in [-0.1, -0.05) is 39.5 Å². The Morgan fingerprint density at radius 1 is 1.20 bits per heavy atom. The summed E-state index contributed by atoms with van der Waals surface area (Å²) in [6, 6.07) is 0. The minimum atomic E-state index is -0.129. The lowest BCUT2D eigenvalue weighted by Crippen LogP contribution is -2.16. The number of hydrogen-bond acceptors (Lipinski definition) is 5. The summed E-state index contributed by atoms with van der Waals surface area (Å²) in [5.74, 6) is 1.76. The van der Waals surface area contributed by atoms with Gasteiger partial charge in [0.1, 0.15) is 11.2 Å². The second-order valence-corrected chi connectivity index (χ2v) is 6.17. The molecule has 2 rings (SSSR count). The van der Waals surface area contributed by atoms with E-state index < -0.39 is 0 Å². The van der Waals surface area contributed by atoms with Crippen molar-refractivity contribution < 1.29 is 0 Å². The predicted molar refractivity (Wildman–Crippen MR) is 82.4 cm³/mol. The Hall–Kier alpha value is -1.43. The van der Waals surface area contributed by atoms with Crippen LogP contribution in [-0.4, -0.2) is 25.7 Å². The van der Waals surface area contributed by atoms with Gasteiger partial charge >= 0.3 is 0 Å². The maximum Gasteiger partial charge on any atom is 0.262 e. The zero-order valence-corrected chi connectivity index (χ0v) is 13.2. The SMILES string of the molecule is CCCc1nc2nc(SCC)nc(C(C)C)c2c(=O)[nH]1. The summed E-state index contributed by atoms with van der Waals surface area (Å²) in [4.78, 5) is 28.6. The van der Waals surface area contributed by atoms with Gasteiger partial charge in [-0.3, -0.25) is 4.79 Å². The molecule has 20 heavy (non-hydrogen) atoms. The molecular weight excluding hydrogens is 272 g/mol. The molecular formula is C14H20N4OS. The second-order valence-electron chi connectivity index (χ2n) is 4.94. The van der Waals surface area contributed by atoms with E-state index in [0.717, 1.165) is 24.3 Å². The summed E-state index contributed by atoms with van der Waals surface area (Å²) in [6.07, 6.45) is 1.69. The van der Waals surface area contributed by atoms with E-state index in [1.54, 1.807) is 11.8 Å². The first-order chi connectivity index (χ1) is 9.56. The van der Waals surface area contributed by atoms with E-state index in [-0.39, 0.29) is 11.5 Å². The van der Waals surface area contributed by atoms with Crippen LogP contribution in [0.1, 0.15) is 51.6 Å². The van der Waals surface area contributed by atoms with Crippen LogP contribution >= 0.6 is 11.8 Å². The third-order valence-corrected chi connectivity index (χ3v) is 3.66. The molecule has 0 radical (unpaired) electrons. The molecule has 0 aromatic carbocycles. The fraction of sp³-hybridized carbons (Fsp3) is 0.571. The number of aromatic nitrogens is 4. The quantitative estimate of drug-likeness (QED) is 0.677. The van der Waals surface area contributed by atoms with E-state index in [1.165, 1.54) is 0 Å². The maximum atomic E-state index is 12.3. The number of fused-ring (bicyclic) bond motifs is 1. The molecule has 0 bridgehead atoms. The van der Waals surface area contributed by atoms with Crippen LogP contribution in [-0.2, 0) is 6.42 Å². The first-order valence-corrected chi connectivity index (χ1v) is 7.99. The summed E-state index contributed by atoms with van der Waals surface area (Å²) in [6.45, 7) is 8.17. The van der Waals surface area contributed by atoms with Crippen molar-refractivity contribution >= 4 is 22.8 Å². The normalized spacial score (nSPS) is 11.4. The lowest BCUT2D eigenvalue weighted by Gasteiger charge is -2.10. The maximum absolute atomic E-state index is 12.3. The van der Waals surface area contributed by atoms with Gasteiger partial charge in [-0.2, -0.15) is 0 Å². The van der Waals surface area contributed by atoms with Gasteiger partial charge in [0.05, 0.1) is 5.69 Å². The summed E-state index contributed by atoms with van der Waals surface area (Å²) in [5.41, 5.74) is 1.17. The van der Waals surface area contributed by atoms with Crippen molar-refractivity contribution in [2.75, 3.05) is 5.75 Å². The third kappa shape index (κ3) is 3.00. The Balaban J connectivity index is 2.72. The van der Waals surface area contributed by atoms with Crippen LogP contribution < -0.4 is 5.56 Å². The van der Waals surface area contributed by atoms with E-state index in [4.69, 9.17) is 0 Å². The number of aryl methyl sites for hydroxylation is 1. The molecule has 0 spiro atoms. The molecule has 1 N–H and O–H groups in total. The first-order valence-electron chi connectivity index (χ1n) is 7.00. The largest absolute Gasteiger partial charge is 0.310 e. The molecule has 108 valence electrons. The van der Waals surface area contributed by atoms with Gasteiger partial charge in [0.15, 0.2) is 10.8 Å². The second kappa shape index (κ2) is 6.35. The molecule has 5 nitrogen and oxygen atoms in total. The number of rotatable bonds is 5. The molecule has 2 aromatic rings. The van der Waals surface area contributed by atoms with Gasteiger partial charge in [0.2, 0.25) is 0 Å². The van der Waals surface area contributed by atoms with Crippen LogP contribution in [0, 0.1) is 0 Å². The molecule has 0 aliphatic heterocycles. The van der Waals surface area contributed by atoms with E-state index in [0.29, 0.717) is 22.0 Å². The molecule has 2 heterocycles. The van der Waals surface area contributed by atoms with Crippen molar-refractivity contribution in [3.8, 4) is 0 Å². The highest BCUT2D eigenvalue weighted by atomic mass is 32.2. The van der Waals surface area contributed by atoms with Crippen LogP contribution in [0.3, 0.4) is 0 Å². The van der Waals surface area contributed by atoms with Gasteiger partial charge in [0, 0.05) is 6.42 Å². The van der Waals surface area contributed by atoms with Crippen LogP contribution in [0.5, 0.6) is 0 Å². The van der Waals surface area contributed by atoms with Crippen molar-refractivity contribution in [2.45, 2.75) is 51.6 Å². The highest BCUT2D eigenvalue weighted by molar-refractivity contribution is 7.99. The molecule has 0 aliphatic carbocycles. The number of hydrogen-bond donors (Lipinski definition) is 1. The Labute approximate surface area is 122 Å². The minimum Gasteiger partial charge on any atom is -0.310 e. The molecule has 0 atom stereocenters. The summed E-state index contributed by atoms with van der Waals surface area (Å²) < 4.78 is 0. The van der Waals surface area contributed by atoms with Crippen molar-refractivity contribution in [3.05, 3.63) is 21.9 Å². The van der Waals surface area contributed by atoms with Gasteiger partial charge < -0.3 is 4.98 Å². The number of H-pyrrole nitrogens is 1. The monoisotopic (exact) mass is 292 g/mol. The van der Waals surface area contributed by atoms with Crippen molar-refractivity contribution in [1.29, 1.82) is 0 Å². The van der Waals surface area contributed by atoms with Gasteiger partial charge in [-0.05, 0) is 18.1 Å². The predicted octanol–water partition coefficient (Wildman–Crippen LogP) is 2.90. The van der Waals surface area contributed by atoms with Gasteiger partial charge in [-0.25, -0.2) is 15.0 Å². The average Bonchev–Trinajstić information content (AvgIpc) is 2.38. The molecule has 2 aromatic heterocycles. The number of thioether (sulfide) groups is 1. The van der Waals surface area contributed by atoms with E-state index >= 15 is 0 Å². The Kier molecular flexibility index (Phi) is 4.75. The fourth-order valence-corrected chi connectivity index (χ4v) is 2.63. The van der Waals surface area contributed by atoms with Crippen molar-refractivity contribution in [3.63, 3.8) is 0 Å². The van der Waals surface area contributed by atoms with Crippen LogP contribution in [0.2, 0.25) is 0 Å². The van der Waals surface area contributed by atoms with E-state index in [2.05, 4.69) is 33.8 Å². The Bertz CT molecular complexity index is 661. The van der Waals surface area contributed by atoms with Crippen molar-refractivity contribution in [2.24, 2.45) is 0 Å². The fourth-order valence-electron chi connectivity index (χ4n) is 2.06. The molecule has 0 amide bonds. The molecule has 0 saturated heterocycles. The molecule has 0 unspecified atom stereocenters. The van der Waals surface area contributed by atoms with Crippen LogP contribution in [0.25, 0.3) is 11.0 Å². The number of nitrogens with one attached hydrogen (secondary N) is 1. The van der Waals surface area contributed by atoms with Gasteiger partial charge in [0.25, 0.3) is 5.56 Å². The zero-order chi connectivity index (χ0) is 14.7. The molecule has 0 aliphatic rings. The molecule has 0 saturated carbocycles. The highest BCUT2D eigenvalue weighted by Crippen LogP contribution is 2.22. The van der Waals surface area contributed by atoms with Crippen molar-refractivity contribution in [1.82, 2.24) is 19.9 Å². The van der Waals surface area contributed by atoms with E-state index in [1.807, 2.05) is 13.8 Å². The minimum absolute atomic E-state index is 0.129. The first kappa shape index (κ1) is 15.0. The third-order valence-electron chi connectivity index (χ3n) is 2.93. The Morgan fingerprint density at radius 3 is 2.55 bits per heavy atom. The highest BCUT2D eigenvalue weighted by Gasteiger charge is 2.16. The topological polar surface area (TPSA) is 71.5 Å². The van der Waals surface area contributed by atoms with Gasteiger partial charge in [-0.15, -0.1) is 0 Å². The lowest BCUT2D eigenvalue weighted by molar-refractivity contribution is 0.781. The average molecular weight is 292 g/mol. The lowest BCUT2D eigenvalue weighted by atomic mass is 10.1. The zero-order valence-electron chi connectivity index (χ0n) is 12.4. The number of aromatic amines is 1. The Morgan fingerprint density at radius 2 is 1.95 bits per heavy atom. The van der Waals surface area contributed by atoms with Crippen LogP contribution in [0.15, 0.2) is 9.95 Å². The molecule has 6 heteroatoms. The van der Waals surface area contributed by atoms with Crippen LogP contribution in [0.4, 0.5) is 0 Å². The summed E-state index contributed by atoms with van der Waals surface area (Å²) in [7, 11) is 0. The summed E-state index contributed by atoms with van der Waals surface area (Å²) in [5, 5.41) is 1.23. The molecule has 0 fully saturated rings. The smallest absolute Gasteiger partial charge is 0.262 e. The van der Waals surface area contributed by atoms with E-state index in [9.17, 15) is 4.79 Å². The summed E-state index contributed by atoms with van der Waals surface area (Å²) >= 11 is 1.57.